The van der Waals surface area contributed by atoms with Crippen molar-refractivity contribution in [3.05, 3.63) is 29.8 Å². The van der Waals surface area contributed by atoms with E-state index >= 15 is 0 Å². The number of ether oxygens (including phenoxy) is 1. The van der Waals surface area contributed by atoms with Crippen LogP contribution in [0.4, 0.5) is 0 Å². The smallest absolute Gasteiger partial charge is 0.237 e. The Morgan fingerprint density at radius 2 is 1.93 bits per heavy atom. The Bertz CT molecular complexity index is 716. The summed E-state index contributed by atoms with van der Waals surface area (Å²) in [4.78, 5) is 29.7. The Kier molecular flexibility index (Phi) is 5.58. The molecule has 152 valence electrons. The molecule has 1 aliphatic carbocycles. The molecule has 6 nitrogen and oxygen atoms in total. The van der Waals surface area contributed by atoms with Gasteiger partial charge in [0, 0.05) is 31.6 Å². The van der Waals surface area contributed by atoms with E-state index in [0.29, 0.717) is 24.4 Å². The van der Waals surface area contributed by atoms with Gasteiger partial charge in [0.05, 0.1) is 13.2 Å². The van der Waals surface area contributed by atoms with Crippen molar-refractivity contribution in [3.8, 4) is 5.75 Å². The highest BCUT2D eigenvalue weighted by molar-refractivity contribution is 5.82. The third-order valence-corrected chi connectivity index (χ3v) is 6.93. The summed E-state index contributed by atoms with van der Waals surface area (Å²) in [6.45, 7) is 2.17. The molecule has 1 aromatic rings. The Morgan fingerprint density at radius 3 is 2.57 bits per heavy atom. The van der Waals surface area contributed by atoms with Crippen LogP contribution in [-0.2, 0) is 16.1 Å². The van der Waals surface area contributed by atoms with Crippen molar-refractivity contribution >= 4 is 11.8 Å². The van der Waals surface area contributed by atoms with Gasteiger partial charge in [-0.25, -0.2) is 0 Å². The summed E-state index contributed by atoms with van der Waals surface area (Å²) in [5.41, 5.74) is 1.06. The van der Waals surface area contributed by atoms with Gasteiger partial charge in [0.2, 0.25) is 11.8 Å². The number of carbonyl (C=O) groups excluding carboxylic acids is 2. The molecule has 0 unspecified atom stereocenters. The Balaban J connectivity index is 1.31. The van der Waals surface area contributed by atoms with Crippen molar-refractivity contribution in [3.63, 3.8) is 0 Å². The van der Waals surface area contributed by atoms with Gasteiger partial charge in [0.1, 0.15) is 5.75 Å². The number of rotatable bonds is 5. The number of hydrogen-bond donors (Lipinski definition) is 1. The second-order valence-electron chi connectivity index (χ2n) is 8.51. The first-order valence-corrected chi connectivity index (χ1v) is 10.5. The number of nitrogens with one attached hydrogen (secondary N) is 1. The first-order chi connectivity index (χ1) is 13.6. The quantitative estimate of drug-likeness (QED) is 0.843. The van der Waals surface area contributed by atoms with Crippen molar-refractivity contribution < 1.29 is 14.3 Å². The van der Waals surface area contributed by atoms with Gasteiger partial charge in [0.15, 0.2) is 0 Å². The highest BCUT2D eigenvalue weighted by Crippen LogP contribution is 2.36. The molecule has 1 aromatic carbocycles. The number of benzene rings is 1. The van der Waals surface area contributed by atoms with Crippen LogP contribution in [-0.4, -0.2) is 60.9 Å². The molecular weight excluding hydrogens is 354 g/mol. The lowest BCUT2D eigenvalue weighted by atomic mass is 9.83. The van der Waals surface area contributed by atoms with Crippen molar-refractivity contribution in [2.24, 2.45) is 11.8 Å². The molecule has 6 heteroatoms. The molecule has 2 heterocycles. The van der Waals surface area contributed by atoms with Gasteiger partial charge in [-0.15, -0.1) is 0 Å². The van der Waals surface area contributed by atoms with E-state index in [4.69, 9.17) is 4.74 Å². The number of nitrogens with zero attached hydrogens (tertiary/aromatic N) is 2. The molecule has 3 atom stereocenters. The Hall–Kier alpha value is -2.08. The van der Waals surface area contributed by atoms with E-state index in [1.807, 2.05) is 24.3 Å². The van der Waals surface area contributed by atoms with Crippen LogP contribution in [0.5, 0.6) is 5.75 Å². The number of likely N-dealkylation sites (N-methyl/N-ethyl adjacent to an activating group) is 1. The molecule has 0 spiro atoms. The molecule has 3 fully saturated rings. The van der Waals surface area contributed by atoms with E-state index in [0.717, 1.165) is 50.1 Å². The lowest BCUT2D eigenvalue weighted by Crippen LogP contribution is -2.50. The number of carbonyl (C=O) groups is 2. The predicted molar refractivity (Wildman–Crippen MR) is 107 cm³/mol. The Morgan fingerprint density at radius 1 is 1.18 bits per heavy atom. The summed E-state index contributed by atoms with van der Waals surface area (Å²) in [5.74, 6) is 1.92. The van der Waals surface area contributed by atoms with Gasteiger partial charge in [-0.2, -0.15) is 0 Å². The SMILES string of the molecule is COc1ccc(CNC(=O)[C@@H]2C[C@H]3CN(C(=O)C4CCC4)CC[C@@H]3N2C)cc1. The second kappa shape index (κ2) is 8.11. The molecular formula is C22H31N3O3. The molecule has 2 saturated heterocycles. The summed E-state index contributed by atoms with van der Waals surface area (Å²) in [6.07, 6.45) is 5.11. The molecule has 0 radical (unpaired) electrons. The van der Waals surface area contributed by atoms with Gasteiger partial charge in [0.25, 0.3) is 0 Å². The standard InChI is InChI=1S/C22H31N3O3/c1-24-19-10-11-25(22(27)16-4-3-5-16)14-17(19)12-20(24)21(26)23-13-15-6-8-18(28-2)9-7-15/h6-9,16-17,19-20H,3-5,10-14H2,1-2H3,(H,23,26)/t17-,19-,20-/m0/s1. The van der Waals surface area contributed by atoms with E-state index in [-0.39, 0.29) is 17.9 Å². The van der Waals surface area contributed by atoms with Gasteiger partial charge in [-0.1, -0.05) is 18.6 Å². The third-order valence-electron chi connectivity index (χ3n) is 6.93. The molecule has 1 saturated carbocycles. The number of likely N-dealkylation sites (tertiary alicyclic amines) is 2. The fraction of sp³-hybridized carbons (Fsp3) is 0.636. The van der Waals surface area contributed by atoms with Crippen LogP contribution < -0.4 is 10.1 Å². The van der Waals surface area contributed by atoms with Crippen molar-refractivity contribution in [2.75, 3.05) is 27.2 Å². The van der Waals surface area contributed by atoms with Crippen LogP contribution in [0.15, 0.2) is 24.3 Å². The molecule has 0 aromatic heterocycles. The summed E-state index contributed by atoms with van der Waals surface area (Å²) >= 11 is 0. The van der Waals surface area contributed by atoms with Crippen LogP contribution in [0.1, 0.15) is 37.7 Å². The molecule has 2 amide bonds. The number of amides is 2. The van der Waals surface area contributed by atoms with E-state index in [2.05, 4.69) is 22.2 Å². The normalized spacial score (nSPS) is 27.8. The highest BCUT2D eigenvalue weighted by atomic mass is 16.5. The average Bonchev–Trinajstić information content (AvgIpc) is 3.01. The minimum atomic E-state index is -0.105. The van der Waals surface area contributed by atoms with Gasteiger partial charge in [-0.05, 0) is 56.3 Å². The average molecular weight is 386 g/mol. The minimum Gasteiger partial charge on any atom is -0.497 e. The predicted octanol–water partition coefficient (Wildman–Crippen LogP) is 2.03. The number of methoxy groups -OCH3 is 1. The monoisotopic (exact) mass is 385 g/mol. The molecule has 28 heavy (non-hydrogen) atoms. The first kappa shape index (κ1) is 19.2. The van der Waals surface area contributed by atoms with Crippen LogP contribution >= 0.6 is 0 Å². The topological polar surface area (TPSA) is 61.9 Å². The van der Waals surface area contributed by atoms with E-state index in [9.17, 15) is 9.59 Å². The van der Waals surface area contributed by atoms with E-state index in [1.54, 1.807) is 7.11 Å². The maximum Gasteiger partial charge on any atom is 0.237 e. The zero-order chi connectivity index (χ0) is 19.7. The van der Waals surface area contributed by atoms with Crippen molar-refractivity contribution in [1.82, 2.24) is 15.1 Å². The van der Waals surface area contributed by atoms with Crippen LogP contribution in [0.2, 0.25) is 0 Å². The first-order valence-electron chi connectivity index (χ1n) is 10.5. The highest BCUT2D eigenvalue weighted by Gasteiger charge is 2.46. The van der Waals surface area contributed by atoms with Crippen molar-refractivity contribution in [1.29, 1.82) is 0 Å². The van der Waals surface area contributed by atoms with Crippen LogP contribution in [0.25, 0.3) is 0 Å². The zero-order valence-electron chi connectivity index (χ0n) is 16.9. The second-order valence-corrected chi connectivity index (χ2v) is 8.51. The summed E-state index contributed by atoms with van der Waals surface area (Å²) in [7, 11) is 3.71. The number of fused-ring (bicyclic) bond motifs is 1. The lowest BCUT2D eigenvalue weighted by Gasteiger charge is -2.40. The van der Waals surface area contributed by atoms with E-state index in [1.165, 1.54) is 6.42 Å². The maximum absolute atomic E-state index is 12.8. The molecule has 1 N–H and O–H groups in total. The summed E-state index contributed by atoms with van der Waals surface area (Å²) < 4.78 is 5.17. The largest absolute Gasteiger partial charge is 0.497 e. The molecule has 3 aliphatic rings. The maximum atomic E-state index is 12.8. The minimum absolute atomic E-state index is 0.0876. The zero-order valence-corrected chi connectivity index (χ0v) is 16.9. The number of hydrogen-bond acceptors (Lipinski definition) is 4. The van der Waals surface area contributed by atoms with E-state index < -0.39 is 0 Å². The molecule has 0 bridgehead atoms. The third kappa shape index (κ3) is 3.75. The van der Waals surface area contributed by atoms with Crippen LogP contribution in [0.3, 0.4) is 0 Å². The molecule has 2 aliphatic heterocycles. The van der Waals surface area contributed by atoms with Crippen LogP contribution in [0, 0.1) is 11.8 Å². The van der Waals surface area contributed by atoms with Gasteiger partial charge < -0.3 is 15.0 Å². The summed E-state index contributed by atoms with van der Waals surface area (Å²) in [5, 5.41) is 3.09. The lowest BCUT2D eigenvalue weighted by molar-refractivity contribution is -0.140. The number of piperidine rings is 1. The van der Waals surface area contributed by atoms with Gasteiger partial charge >= 0.3 is 0 Å². The molecule has 4 rings (SSSR count). The Labute approximate surface area is 167 Å². The van der Waals surface area contributed by atoms with Crippen molar-refractivity contribution in [2.45, 2.75) is 50.7 Å². The fourth-order valence-electron chi connectivity index (χ4n) is 4.93. The summed E-state index contributed by atoms with van der Waals surface area (Å²) in [6, 6.07) is 8.06. The van der Waals surface area contributed by atoms with Gasteiger partial charge in [-0.3, -0.25) is 14.5 Å². The fourth-order valence-corrected chi connectivity index (χ4v) is 4.93.